The largest absolute Gasteiger partial charge is 0.394 e. The molecule has 6 nitrogen and oxygen atoms in total. The third-order valence-corrected chi connectivity index (χ3v) is 5.29. The summed E-state index contributed by atoms with van der Waals surface area (Å²) in [5.74, 6) is 0.345. The molecule has 0 fully saturated rings. The van der Waals surface area contributed by atoms with Crippen LogP contribution < -0.4 is 4.72 Å². The highest BCUT2D eigenvalue weighted by atomic mass is 32.2. The third-order valence-electron chi connectivity index (χ3n) is 3.61. The molecule has 0 amide bonds. The first-order valence-electron chi connectivity index (χ1n) is 7.01. The Kier molecular flexibility index (Phi) is 6.16. The summed E-state index contributed by atoms with van der Waals surface area (Å²) in [6.07, 6.45) is 1.89. The number of rotatable bonds is 8. The van der Waals surface area contributed by atoms with Gasteiger partial charge in [-0.05, 0) is 19.8 Å². The smallest absolute Gasteiger partial charge is 0.244 e. The molecule has 0 aromatic carbocycles. The molecule has 0 radical (unpaired) electrons. The molecule has 0 aliphatic rings. The summed E-state index contributed by atoms with van der Waals surface area (Å²) in [7, 11) is -3.55. The van der Waals surface area contributed by atoms with Crippen molar-refractivity contribution in [3.8, 4) is 0 Å². The minimum absolute atomic E-state index is 0.0668. The molecule has 0 aliphatic heterocycles. The number of aryl methyl sites for hydroxylation is 1. The Morgan fingerprint density at radius 2 is 1.90 bits per heavy atom. The number of nitrogens with one attached hydrogen (secondary N) is 1. The SMILES string of the molecule is CCC(CC)CNS(=O)(=O)c1c(C)nn(CCO)c1C. The summed E-state index contributed by atoms with van der Waals surface area (Å²) in [5.41, 5.74) is 1.03. The van der Waals surface area contributed by atoms with Crippen LogP contribution in [0.3, 0.4) is 0 Å². The van der Waals surface area contributed by atoms with Crippen LogP contribution in [0, 0.1) is 19.8 Å². The predicted octanol–water partition coefficient (Wildman–Crippen LogP) is 1.21. The average molecular weight is 303 g/mol. The Balaban J connectivity index is 2.98. The maximum atomic E-state index is 12.4. The van der Waals surface area contributed by atoms with E-state index >= 15 is 0 Å². The van der Waals surface area contributed by atoms with Gasteiger partial charge in [0, 0.05) is 6.54 Å². The molecule has 7 heteroatoms. The van der Waals surface area contributed by atoms with Crippen molar-refractivity contribution in [2.45, 2.75) is 52.0 Å². The Labute approximate surface area is 121 Å². The number of aliphatic hydroxyl groups is 1. The molecule has 0 unspecified atom stereocenters. The van der Waals surface area contributed by atoms with Gasteiger partial charge in [0.25, 0.3) is 0 Å². The molecule has 0 saturated heterocycles. The zero-order valence-corrected chi connectivity index (χ0v) is 13.5. The van der Waals surface area contributed by atoms with Gasteiger partial charge >= 0.3 is 0 Å². The Morgan fingerprint density at radius 3 is 2.40 bits per heavy atom. The highest BCUT2D eigenvalue weighted by Crippen LogP contribution is 2.19. The molecule has 1 heterocycles. The molecule has 0 bridgehead atoms. The second kappa shape index (κ2) is 7.19. The van der Waals surface area contributed by atoms with Crippen LogP contribution in [-0.4, -0.2) is 36.5 Å². The van der Waals surface area contributed by atoms with Crippen LogP contribution in [0.1, 0.15) is 38.1 Å². The first-order valence-corrected chi connectivity index (χ1v) is 8.50. The van der Waals surface area contributed by atoms with E-state index < -0.39 is 10.0 Å². The number of sulfonamides is 1. The summed E-state index contributed by atoms with van der Waals surface area (Å²) in [4.78, 5) is 0.233. The van der Waals surface area contributed by atoms with Gasteiger partial charge in [-0.15, -0.1) is 0 Å². The van der Waals surface area contributed by atoms with E-state index in [9.17, 15) is 8.42 Å². The number of hydrogen-bond donors (Lipinski definition) is 2. The molecule has 1 aromatic rings. The number of hydrogen-bond acceptors (Lipinski definition) is 4. The summed E-state index contributed by atoms with van der Waals surface area (Å²) < 4.78 is 29.0. The van der Waals surface area contributed by atoms with Crippen LogP contribution in [0.4, 0.5) is 0 Å². The van der Waals surface area contributed by atoms with E-state index in [0.717, 1.165) is 12.8 Å². The van der Waals surface area contributed by atoms with Crippen molar-refractivity contribution in [3.63, 3.8) is 0 Å². The summed E-state index contributed by atoms with van der Waals surface area (Å²) in [6.45, 7) is 8.17. The predicted molar refractivity (Wildman–Crippen MR) is 78.0 cm³/mol. The molecular weight excluding hydrogens is 278 g/mol. The maximum absolute atomic E-state index is 12.4. The van der Waals surface area contributed by atoms with Crippen LogP contribution in [0.15, 0.2) is 4.90 Å². The molecule has 0 saturated carbocycles. The summed E-state index contributed by atoms with van der Waals surface area (Å²) in [5, 5.41) is 13.1. The van der Waals surface area contributed by atoms with Gasteiger partial charge in [0.2, 0.25) is 10.0 Å². The van der Waals surface area contributed by atoms with E-state index in [0.29, 0.717) is 30.4 Å². The highest BCUT2D eigenvalue weighted by Gasteiger charge is 2.24. The van der Waals surface area contributed by atoms with Gasteiger partial charge < -0.3 is 5.11 Å². The van der Waals surface area contributed by atoms with Gasteiger partial charge in [-0.2, -0.15) is 5.10 Å². The Hall–Kier alpha value is -0.920. The van der Waals surface area contributed by atoms with Crippen molar-refractivity contribution in [1.29, 1.82) is 0 Å². The second-order valence-corrected chi connectivity index (χ2v) is 6.68. The Morgan fingerprint density at radius 1 is 1.30 bits per heavy atom. The van der Waals surface area contributed by atoms with Crippen LogP contribution in [0.25, 0.3) is 0 Å². The topological polar surface area (TPSA) is 84.2 Å². The normalized spacial score (nSPS) is 12.3. The van der Waals surface area contributed by atoms with E-state index in [2.05, 4.69) is 23.7 Å². The lowest BCUT2D eigenvalue weighted by Crippen LogP contribution is -2.29. The van der Waals surface area contributed by atoms with Crippen LogP contribution in [0.5, 0.6) is 0 Å². The minimum Gasteiger partial charge on any atom is -0.394 e. The fourth-order valence-electron chi connectivity index (χ4n) is 2.26. The molecule has 0 atom stereocenters. The Bertz CT molecular complexity index is 533. The first-order chi connectivity index (χ1) is 9.37. The highest BCUT2D eigenvalue weighted by molar-refractivity contribution is 7.89. The van der Waals surface area contributed by atoms with Crippen LogP contribution in [-0.2, 0) is 16.6 Å². The van der Waals surface area contributed by atoms with E-state index in [1.807, 2.05) is 0 Å². The van der Waals surface area contributed by atoms with Crippen LogP contribution in [0.2, 0.25) is 0 Å². The molecule has 20 heavy (non-hydrogen) atoms. The molecule has 1 rings (SSSR count). The maximum Gasteiger partial charge on any atom is 0.244 e. The monoisotopic (exact) mass is 303 g/mol. The lowest BCUT2D eigenvalue weighted by molar-refractivity contribution is 0.267. The molecule has 2 N–H and O–H groups in total. The van der Waals surface area contributed by atoms with E-state index in [-0.39, 0.29) is 11.5 Å². The summed E-state index contributed by atoms with van der Waals surface area (Å²) >= 11 is 0. The van der Waals surface area contributed by atoms with Gasteiger partial charge in [0.15, 0.2) is 0 Å². The average Bonchev–Trinajstić information content (AvgIpc) is 2.66. The van der Waals surface area contributed by atoms with Gasteiger partial charge in [-0.25, -0.2) is 13.1 Å². The van der Waals surface area contributed by atoms with Crippen molar-refractivity contribution >= 4 is 10.0 Å². The van der Waals surface area contributed by atoms with E-state index in [1.54, 1.807) is 13.8 Å². The lowest BCUT2D eigenvalue weighted by atomic mass is 10.0. The zero-order valence-electron chi connectivity index (χ0n) is 12.7. The minimum atomic E-state index is -3.55. The number of aliphatic hydroxyl groups excluding tert-OH is 1. The zero-order chi connectivity index (χ0) is 15.3. The molecule has 1 aromatic heterocycles. The van der Waals surface area contributed by atoms with Crippen molar-refractivity contribution < 1.29 is 13.5 Å². The summed E-state index contributed by atoms with van der Waals surface area (Å²) in [6, 6.07) is 0. The van der Waals surface area contributed by atoms with Crippen molar-refractivity contribution in [2.24, 2.45) is 5.92 Å². The molecule has 0 aliphatic carbocycles. The van der Waals surface area contributed by atoms with E-state index in [1.165, 1.54) is 4.68 Å². The number of nitrogens with zero attached hydrogens (tertiary/aromatic N) is 2. The van der Waals surface area contributed by atoms with Gasteiger partial charge in [0.05, 0.1) is 24.5 Å². The van der Waals surface area contributed by atoms with Crippen molar-refractivity contribution in [2.75, 3.05) is 13.2 Å². The molecular formula is C13H25N3O3S. The standard InChI is InChI=1S/C13H25N3O3S/c1-5-12(6-2)9-14-20(18,19)13-10(3)15-16(7-8-17)11(13)4/h12,14,17H,5-9H2,1-4H3. The third kappa shape index (κ3) is 3.80. The van der Waals surface area contributed by atoms with Crippen LogP contribution >= 0.6 is 0 Å². The number of aromatic nitrogens is 2. The van der Waals surface area contributed by atoms with Gasteiger partial charge in [-0.1, -0.05) is 26.7 Å². The molecule has 116 valence electrons. The first kappa shape index (κ1) is 17.1. The second-order valence-electron chi connectivity index (χ2n) is 4.98. The molecule has 0 spiro atoms. The fraction of sp³-hybridized carbons (Fsp3) is 0.769. The quantitative estimate of drug-likeness (QED) is 0.756. The lowest BCUT2D eigenvalue weighted by Gasteiger charge is -2.13. The van der Waals surface area contributed by atoms with Gasteiger partial charge in [0.1, 0.15) is 4.90 Å². The van der Waals surface area contributed by atoms with E-state index in [4.69, 9.17) is 5.11 Å². The van der Waals surface area contributed by atoms with Crippen molar-refractivity contribution in [3.05, 3.63) is 11.4 Å². The fourth-order valence-corrected chi connectivity index (χ4v) is 3.78. The van der Waals surface area contributed by atoms with Crippen molar-refractivity contribution in [1.82, 2.24) is 14.5 Å². The van der Waals surface area contributed by atoms with Gasteiger partial charge in [-0.3, -0.25) is 4.68 Å².